The maximum absolute atomic E-state index is 2.40. The van der Waals surface area contributed by atoms with Crippen LogP contribution < -0.4 is 0 Å². The molecule has 0 nitrogen and oxygen atoms in total. The van der Waals surface area contributed by atoms with Crippen LogP contribution in [0.2, 0.25) is 19.5 Å². The van der Waals surface area contributed by atoms with E-state index in [9.17, 15) is 0 Å². The van der Waals surface area contributed by atoms with Crippen molar-refractivity contribution in [2.24, 2.45) is 17.8 Å². The van der Waals surface area contributed by atoms with Crippen molar-refractivity contribution in [2.75, 3.05) is 0 Å². The summed E-state index contributed by atoms with van der Waals surface area (Å²) in [7, 11) is 0. The fraction of sp³-hybridized carbons (Fsp3) is 1.00. The molecule has 1 heteroatoms. The Morgan fingerprint density at radius 2 is 1.15 bits per heavy atom. The minimum atomic E-state index is 0. The predicted octanol–water partition coefficient (Wildman–Crippen LogP) is 4.70. The van der Waals surface area contributed by atoms with Gasteiger partial charge < -0.3 is 0 Å². The molecule has 0 amide bonds. The zero-order valence-electron chi connectivity index (χ0n) is 9.89. The van der Waals surface area contributed by atoms with Gasteiger partial charge in [0.15, 0.2) is 0 Å². The van der Waals surface area contributed by atoms with Crippen LogP contribution in [-0.2, 0) is 0 Å². The summed E-state index contributed by atoms with van der Waals surface area (Å²) in [5.41, 5.74) is 0. The van der Waals surface area contributed by atoms with Crippen molar-refractivity contribution in [3.8, 4) is 0 Å². The van der Waals surface area contributed by atoms with Gasteiger partial charge in [-0.3, -0.25) is 0 Å². The smallest absolute Gasteiger partial charge is 0.0861 e. The lowest BCUT2D eigenvalue weighted by atomic mass is 9.41. The first-order valence-electron chi connectivity index (χ1n) is 5.37. The zero-order chi connectivity index (χ0) is 9.89. The van der Waals surface area contributed by atoms with E-state index in [-0.39, 0.29) is 7.43 Å². The van der Waals surface area contributed by atoms with Crippen molar-refractivity contribution in [2.45, 2.75) is 61.5 Å². The Morgan fingerprint density at radius 1 is 0.769 bits per heavy atom. The molecule has 0 saturated carbocycles. The van der Waals surface area contributed by atoms with Gasteiger partial charge in [0.05, 0.1) is 0 Å². The highest BCUT2D eigenvalue weighted by atomic mass is 14.2. The average molecular weight is 184 g/mol. The van der Waals surface area contributed by atoms with Gasteiger partial charge in [-0.2, -0.15) is 0 Å². The monoisotopic (exact) mass is 184 g/mol. The van der Waals surface area contributed by atoms with Crippen molar-refractivity contribution in [1.82, 2.24) is 0 Å². The molecular formula is C12H29B. The van der Waals surface area contributed by atoms with E-state index in [1.807, 2.05) is 0 Å². The summed E-state index contributed by atoms with van der Waals surface area (Å²) in [5.74, 6) is 3.37. The Bertz CT molecular complexity index is 104. The van der Waals surface area contributed by atoms with Gasteiger partial charge in [0, 0.05) is 0 Å². The topological polar surface area (TPSA) is 0 Å². The summed E-state index contributed by atoms with van der Waals surface area (Å²) in [6.07, 6.45) is 0. The van der Waals surface area contributed by atoms with E-state index in [2.05, 4.69) is 48.3 Å². The lowest BCUT2D eigenvalue weighted by Gasteiger charge is -2.30. The van der Waals surface area contributed by atoms with Crippen LogP contribution in [0.1, 0.15) is 42.0 Å². The lowest BCUT2D eigenvalue weighted by molar-refractivity contribution is 0.287. The minimum Gasteiger partial charge on any atom is -0.0861 e. The molecule has 0 aromatic heterocycles. The second-order valence-corrected chi connectivity index (χ2v) is 5.07. The van der Waals surface area contributed by atoms with Crippen LogP contribution >= 0.6 is 0 Å². The Morgan fingerprint density at radius 3 is 1.38 bits per heavy atom. The third-order valence-electron chi connectivity index (χ3n) is 3.76. The van der Waals surface area contributed by atoms with E-state index < -0.39 is 0 Å². The first-order chi connectivity index (χ1) is 5.37. The van der Waals surface area contributed by atoms with Gasteiger partial charge in [-0.05, 0) is 17.8 Å². The Hall–Kier alpha value is 0.0649. The number of hydrogen-bond donors (Lipinski definition) is 0. The zero-order valence-corrected chi connectivity index (χ0v) is 9.89. The van der Waals surface area contributed by atoms with Crippen molar-refractivity contribution < 1.29 is 0 Å². The summed E-state index contributed by atoms with van der Waals surface area (Å²) in [5, 5.41) is 0. The number of rotatable bonds is 4. The molecule has 0 bridgehead atoms. The summed E-state index contributed by atoms with van der Waals surface area (Å²) in [6, 6.07) is 0. The molecule has 13 heavy (non-hydrogen) atoms. The van der Waals surface area contributed by atoms with Crippen LogP contribution in [0.4, 0.5) is 0 Å². The van der Waals surface area contributed by atoms with Crippen LogP contribution in [0.15, 0.2) is 0 Å². The molecule has 0 fully saturated rings. The first-order valence-corrected chi connectivity index (χ1v) is 5.37. The van der Waals surface area contributed by atoms with E-state index in [1.54, 1.807) is 0 Å². The second kappa shape index (κ2) is 6.51. The van der Waals surface area contributed by atoms with Crippen LogP contribution in [0.5, 0.6) is 0 Å². The molecule has 0 rings (SSSR count). The molecule has 0 aliphatic rings. The molecule has 3 unspecified atom stereocenters. The molecule has 0 aromatic carbocycles. The van der Waals surface area contributed by atoms with Crippen molar-refractivity contribution >= 4 is 6.71 Å². The fourth-order valence-electron chi connectivity index (χ4n) is 1.69. The summed E-state index contributed by atoms with van der Waals surface area (Å²) in [6.45, 7) is 17.3. The lowest BCUT2D eigenvalue weighted by Crippen LogP contribution is -2.24. The van der Waals surface area contributed by atoms with Crippen LogP contribution in [0.3, 0.4) is 0 Å². The summed E-state index contributed by atoms with van der Waals surface area (Å²) < 4.78 is 0. The van der Waals surface area contributed by atoms with E-state index >= 15 is 0 Å². The molecule has 0 aromatic rings. The van der Waals surface area contributed by atoms with E-state index in [1.165, 1.54) is 0 Å². The number of hydrogen-bond acceptors (Lipinski definition) is 0. The highest BCUT2D eigenvalue weighted by molar-refractivity contribution is 6.57. The molecule has 0 heterocycles. The maximum Gasteiger partial charge on any atom is 0.136 e. The van der Waals surface area contributed by atoms with Gasteiger partial charge >= 0.3 is 0 Å². The van der Waals surface area contributed by atoms with E-state index in [0.717, 1.165) is 30.3 Å². The molecule has 0 N–H and O–H groups in total. The molecular weight excluding hydrogens is 155 g/mol. The average Bonchev–Trinajstić information content (AvgIpc) is 2.00. The molecule has 80 valence electrons. The van der Waals surface area contributed by atoms with Crippen LogP contribution in [0, 0.1) is 17.8 Å². The standard InChI is InChI=1S/C11H25B.CH4/c1-8(2)9(3)10(4)11(5)12(6)7;/h8-11H,1-7H3;1H4. The second-order valence-electron chi connectivity index (χ2n) is 5.07. The first kappa shape index (κ1) is 15.5. The Labute approximate surface area is 86.6 Å². The Balaban J connectivity index is 0. The fourth-order valence-corrected chi connectivity index (χ4v) is 1.69. The van der Waals surface area contributed by atoms with E-state index in [0.29, 0.717) is 0 Å². The summed E-state index contributed by atoms with van der Waals surface area (Å²) >= 11 is 0. The van der Waals surface area contributed by atoms with Gasteiger partial charge in [-0.1, -0.05) is 61.5 Å². The SMILES string of the molecule is C.CB(C)C(C)C(C)C(C)C(C)C. The Kier molecular flexibility index (Phi) is 7.78. The van der Waals surface area contributed by atoms with Crippen molar-refractivity contribution in [3.63, 3.8) is 0 Å². The van der Waals surface area contributed by atoms with Crippen LogP contribution in [-0.4, -0.2) is 6.71 Å². The third-order valence-corrected chi connectivity index (χ3v) is 3.76. The third kappa shape index (κ3) is 4.74. The molecule has 0 radical (unpaired) electrons. The highest BCUT2D eigenvalue weighted by Gasteiger charge is 2.24. The van der Waals surface area contributed by atoms with Gasteiger partial charge in [-0.25, -0.2) is 0 Å². The molecule has 0 spiro atoms. The molecule has 0 aliphatic carbocycles. The quantitative estimate of drug-likeness (QED) is 0.555. The van der Waals surface area contributed by atoms with Gasteiger partial charge in [0.1, 0.15) is 6.71 Å². The van der Waals surface area contributed by atoms with Crippen molar-refractivity contribution in [1.29, 1.82) is 0 Å². The van der Waals surface area contributed by atoms with Crippen molar-refractivity contribution in [3.05, 3.63) is 0 Å². The minimum absolute atomic E-state index is 0. The highest BCUT2D eigenvalue weighted by Crippen LogP contribution is 2.31. The van der Waals surface area contributed by atoms with Crippen LogP contribution in [0.25, 0.3) is 0 Å². The van der Waals surface area contributed by atoms with E-state index in [4.69, 9.17) is 0 Å². The maximum atomic E-state index is 2.40. The predicted molar refractivity (Wildman–Crippen MR) is 66.8 cm³/mol. The van der Waals surface area contributed by atoms with Gasteiger partial charge in [-0.15, -0.1) is 0 Å². The van der Waals surface area contributed by atoms with Gasteiger partial charge in [0.25, 0.3) is 0 Å². The molecule has 0 aliphatic heterocycles. The summed E-state index contributed by atoms with van der Waals surface area (Å²) in [4.78, 5) is 0. The normalized spacial score (nSPS) is 17.5. The molecule has 0 saturated heterocycles. The largest absolute Gasteiger partial charge is 0.136 e. The van der Waals surface area contributed by atoms with Gasteiger partial charge in [0.2, 0.25) is 0 Å². The molecule has 3 atom stereocenters.